The quantitative estimate of drug-likeness (QED) is 0.832. The van der Waals surface area contributed by atoms with Crippen LogP contribution in [0.25, 0.3) is 0 Å². The largest absolute Gasteiger partial charge is 0.342 e. The third-order valence-electron chi connectivity index (χ3n) is 3.94. The SMILES string of the molecule is N#Cc1ccccc1NC(=O)c1cnc(N2CCN(C=O)CC2)nc1. The number of amides is 2. The van der Waals surface area contributed by atoms with Crippen molar-refractivity contribution >= 4 is 24.0 Å². The molecule has 0 bridgehead atoms. The molecule has 25 heavy (non-hydrogen) atoms. The molecule has 1 N–H and O–H groups in total. The molecule has 1 aliphatic rings. The van der Waals surface area contributed by atoms with Crippen molar-refractivity contribution in [1.29, 1.82) is 5.26 Å². The molecule has 2 aromatic rings. The van der Waals surface area contributed by atoms with Crippen LogP contribution < -0.4 is 10.2 Å². The first-order valence-corrected chi connectivity index (χ1v) is 7.78. The van der Waals surface area contributed by atoms with Gasteiger partial charge < -0.3 is 15.1 Å². The Morgan fingerprint density at radius 2 is 1.84 bits per heavy atom. The van der Waals surface area contributed by atoms with Crippen molar-refractivity contribution in [3.05, 3.63) is 47.8 Å². The van der Waals surface area contributed by atoms with Gasteiger partial charge in [0, 0.05) is 38.6 Å². The van der Waals surface area contributed by atoms with Crippen LogP contribution in [0.2, 0.25) is 0 Å². The number of piperazine rings is 1. The zero-order chi connectivity index (χ0) is 17.6. The second-order valence-corrected chi connectivity index (χ2v) is 5.51. The number of nitriles is 1. The molecule has 0 saturated carbocycles. The summed E-state index contributed by atoms with van der Waals surface area (Å²) in [5.41, 5.74) is 1.15. The fourth-order valence-electron chi connectivity index (χ4n) is 2.51. The van der Waals surface area contributed by atoms with Crippen molar-refractivity contribution in [2.75, 3.05) is 36.4 Å². The second-order valence-electron chi connectivity index (χ2n) is 5.51. The summed E-state index contributed by atoms with van der Waals surface area (Å²) in [5, 5.41) is 11.8. The van der Waals surface area contributed by atoms with Gasteiger partial charge in [-0.1, -0.05) is 12.1 Å². The maximum atomic E-state index is 12.3. The van der Waals surface area contributed by atoms with Gasteiger partial charge in [-0.2, -0.15) is 5.26 Å². The molecule has 0 unspecified atom stereocenters. The molecule has 8 nitrogen and oxygen atoms in total. The highest BCUT2D eigenvalue weighted by molar-refractivity contribution is 6.04. The molecule has 1 aromatic carbocycles. The monoisotopic (exact) mass is 336 g/mol. The molecule has 3 rings (SSSR count). The van der Waals surface area contributed by atoms with Gasteiger partial charge in [0.2, 0.25) is 12.4 Å². The highest BCUT2D eigenvalue weighted by atomic mass is 16.1. The van der Waals surface area contributed by atoms with Crippen molar-refractivity contribution in [2.24, 2.45) is 0 Å². The molecule has 1 fully saturated rings. The van der Waals surface area contributed by atoms with E-state index in [0.29, 0.717) is 48.9 Å². The summed E-state index contributed by atoms with van der Waals surface area (Å²) in [6.45, 7) is 2.56. The molecule has 0 atom stereocenters. The molecule has 0 aliphatic carbocycles. The third-order valence-corrected chi connectivity index (χ3v) is 3.94. The van der Waals surface area contributed by atoms with Crippen LogP contribution in [0.5, 0.6) is 0 Å². The predicted octanol–water partition coefficient (Wildman–Crippen LogP) is 0.879. The average molecular weight is 336 g/mol. The van der Waals surface area contributed by atoms with Gasteiger partial charge in [-0.3, -0.25) is 9.59 Å². The maximum Gasteiger partial charge on any atom is 0.258 e. The molecule has 2 heterocycles. The van der Waals surface area contributed by atoms with Gasteiger partial charge >= 0.3 is 0 Å². The summed E-state index contributed by atoms with van der Waals surface area (Å²) in [4.78, 5) is 35.2. The number of hydrogen-bond acceptors (Lipinski definition) is 6. The van der Waals surface area contributed by atoms with E-state index in [-0.39, 0.29) is 5.91 Å². The lowest BCUT2D eigenvalue weighted by Crippen LogP contribution is -2.46. The minimum Gasteiger partial charge on any atom is -0.342 e. The topological polar surface area (TPSA) is 102 Å². The summed E-state index contributed by atoms with van der Waals surface area (Å²) in [6, 6.07) is 8.81. The highest BCUT2D eigenvalue weighted by Crippen LogP contribution is 2.15. The van der Waals surface area contributed by atoms with Gasteiger partial charge in [-0.15, -0.1) is 0 Å². The van der Waals surface area contributed by atoms with E-state index in [2.05, 4.69) is 15.3 Å². The lowest BCUT2D eigenvalue weighted by molar-refractivity contribution is -0.118. The first-order valence-electron chi connectivity index (χ1n) is 7.78. The van der Waals surface area contributed by atoms with Gasteiger partial charge in [0.25, 0.3) is 5.91 Å². The number of carbonyl (C=O) groups excluding carboxylic acids is 2. The number of aromatic nitrogens is 2. The number of carbonyl (C=O) groups is 2. The molecule has 2 amide bonds. The molecule has 126 valence electrons. The Morgan fingerprint density at radius 3 is 2.48 bits per heavy atom. The standard InChI is InChI=1S/C17H16N6O2/c18-9-13-3-1-2-4-15(13)21-16(25)14-10-19-17(20-11-14)23-7-5-22(12-24)6-8-23/h1-4,10-12H,5-8H2,(H,21,25). The van der Waals surface area contributed by atoms with E-state index >= 15 is 0 Å². The molecule has 1 aliphatic heterocycles. The van der Waals surface area contributed by atoms with Gasteiger partial charge in [0.1, 0.15) is 6.07 Å². The van der Waals surface area contributed by atoms with Crippen LogP contribution in [0.15, 0.2) is 36.7 Å². The van der Waals surface area contributed by atoms with Crippen LogP contribution in [0.4, 0.5) is 11.6 Å². The van der Waals surface area contributed by atoms with Gasteiger partial charge in [-0.05, 0) is 12.1 Å². The van der Waals surface area contributed by atoms with Crippen molar-refractivity contribution in [2.45, 2.75) is 0 Å². The molecule has 0 radical (unpaired) electrons. The van der Waals surface area contributed by atoms with Crippen LogP contribution in [-0.4, -0.2) is 53.4 Å². The van der Waals surface area contributed by atoms with Gasteiger partial charge in [0.15, 0.2) is 0 Å². The van der Waals surface area contributed by atoms with E-state index in [9.17, 15) is 9.59 Å². The number of rotatable bonds is 4. The first kappa shape index (κ1) is 16.4. The number of anilines is 2. The minimum absolute atomic E-state index is 0.308. The number of nitrogens with zero attached hydrogens (tertiary/aromatic N) is 5. The molecule has 8 heteroatoms. The Balaban J connectivity index is 1.67. The second kappa shape index (κ2) is 7.40. The summed E-state index contributed by atoms with van der Waals surface area (Å²) >= 11 is 0. The molecule has 1 saturated heterocycles. The number of nitrogens with one attached hydrogen (secondary N) is 1. The van der Waals surface area contributed by atoms with Gasteiger partial charge in [-0.25, -0.2) is 9.97 Å². The van der Waals surface area contributed by atoms with Crippen LogP contribution in [0.1, 0.15) is 15.9 Å². The fourth-order valence-corrected chi connectivity index (χ4v) is 2.51. The lowest BCUT2D eigenvalue weighted by atomic mass is 10.2. The zero-order valence-electron chi connectivity index (χ0n) is 13.4. The van der Waals surface area contributed by atoms with Crippen LogP contribution in [0.3, 0.4) is 0 Å². The Kier molecular flexibility index (Phi) is 4.85. The third kappa shape index (κ3) is 3.72. The number of benzene rings is 1. The number of hydrogen-bond donors (Lipinski definition) is 1. The van der Waals surface area contributed by atoms with E-state index in [0.717, 1.165) is 6.41 Å². The van der Waals surface area contributed by atoms with E-state index in [1.54, 1.807) is 29.2 Å². The van der Waals surface area contributed by atoms with Crippen LogP contribution >= 0.6 is 0 Å². The molecule has 1 aromatic heterocycles. The summed E-state index contributed by atoms with van der Waals surface area (Å²) in [6.07, 6.45) is 3.75. The van der Waals surface area contributed by atoms with E-state index in [4.69, 9.17) is 5.26 Å². The maximum absolute atomic E-state index is 12.3. The lowest BCUT2D eigenvalue weighted by Gasteiger charge is -2.32. The summed E-state index contributed by atoms with van der Waals surface area (Å²) in [5.74, 6) is 0.152. The van der Waals surface area contributed by atoms with E-state index in [1.807, 2.05) is 11.0 Å². The zero-order valence-corrected chi connectivity index (χ0v) is 13.4. The van der Waals surface area contributed by atoms with Crippen molar-refractivity contribution in [1.82, 2.24) is 14.9 Å². The van der Waals surface area contributed by atoms with Gasteiger partial charge in [0.05, 0.1) is 16.8 Å². The minimum atomic E-state index is -0.375. The van der Waals surface area contributed by atoms with Crippen LogP contribution in [0, 0.1) is 11.3 Å². The molecule has 0 spiro atoms. The normalized spacial score (nSPS) is 13.9. The average Bonchev–Trinajstić information content (AvgIpc) is 2.68. The Labute approximate surface area is 144 Å². The summed E-state index contributed by atoms with van der Waals surface area (Å²) in [7, 11) is 0. The number of para-hydroxylation sites is 1. The Bertz CT molecular complexity index is 807. The molecular weight excluding hydrogens is 320 g/mol. The van der Waals surface area contributed by atoms with Crippen LogP contribution in [-0.2, 0) is 4.79 Å². The smallest absolute Gasteiger partial charge is 0.258 e. The van der Waals surface area contributed by atoms with E-state index in [1.165, 1.54) is 12.4 Å². The Morgan fingerprint density at radius 1 is 1.16 bits per heavy atom. The fraction of sp³-hybridized carbons (Fsp3) is 0.235. The first-order chi connectivity index (χ1) is 12.2. The summed E-state index contributed by atoms with van der Waals surface area (Å²) < 4.78 is 0. The molecular formula is C17H16N6O2. The Hall–Kier alpha value is -3.47. The van der Waals surface area contributed by atoms with Crippen molar-refractivity contribution < 1.29 is 9.59 Å². The van der Waals surface area contributed by atoms with Crippen molar-refractivity contribution in [3.8, 4) is 6.07 Å². The predicted molar refractivity (Wildman–Crippen MR) is 91.0 cm³/mol. The highest BCUT2D eigenvalue weighted by Gasteiger charge is 2.18. The van der Waals surface area contributed by atoms with Crippen molar-refractivity contribution in [3.63, 3.8) is 0 Å². The van der Waals surface area contributed by atoms with E-state index < -0.39 is 0 Å².